The molecule has 0 spiro atoms. The molecule has 0 amide bonds. The minimum atomic E-state index is -0.0964. The lowest BCUT2D eigenvalue weighted by Gasteiger charge is -2.07. The molecule has 0 atom stereocenters. The zero-order valence-corrected chi connectivity index (χ0v) is 11.5. The van der Waals surface area contributed by atoms with Crippen molar-refractivity contribution in [3.63, 3.8) is 0 Å². The summed E-state index contributed by atoms with van der Waals surface area (Å²) in [5.74, 6) is 0.421. The van der Waals surface area contributed by atoms with Gasteiger partial charge in [-0.05, 0) is 12.0 Å². The first-order valence-corrected chi connectivity index (χ1v) is 6.26. The van der Waals surface area contributed by atoms with Crippen molar-refractivity contribution >= 4 is 5.78 Å². The average molecular weight is 272 g/mol. The zero-order valence-electron chi connectivity index (χ0n) is 11.5. The van der Waals surface area contributed by atoms with Gasteiger partial charge in [0.15, 0.2) is 11.5 Å². The Morgan fingerprint density at radius 1 is 1.15 bits per heavy atom. The van der Waals surface area contributed by atoms with E-state index in [1.807, 2.05) is 30.3 Å². The summed E-state index contributed by atoms with van der Waals surface area (Å²) in [7, 11) is 2.94. The third-order valence-corrected chi connectivity index (χ3v) is 2.87. The molecule has 0 fully saturated rings. The van der Waals surface area contributed by atoms with Crippen molar-refractivity contribution in [2.45, 2.75) is 12.8 Å². The Labute approximate surface area is 117 Å². The van der Waals surface area contributed by atoms with E-state index in [-0.39, 0.29) is 17.4 Å². The van der Waals surface area contributed by atoms with E-state index in [1.54, 1.807) is 0 Å². The van der Waals surface area contributed by atoms with Crippen LogP contribution in [0.25, 0.3) is 0 Å². The Hall–Kier alpha value is -2.43. The molecular weight excluding hydrogens is 256 g/mol. The first kappa shape index (κ1) is 14.0. The fourth-order valence-electron chi connectivity index (χ4n) is 1.81. The molecule has 0 saturated carbocycles. The number of ketones is 1. The molecule has 104 valence electrons. The number of aryl methyl sites for hydroxylation is 1. The van der Waals surface area contributed by atoms with Gasteiger partial charge in [0.2, 0.25) is 11.8 Å². The highest BCUT2D eigenvalue weighted by molar-refractivity contribution is 5.96. The summed E-state index contributed by atoms with van der Waals surface area (Å²) in [6, 6.07) is 9.83. The van der Waals surface area contributed by atoms with Crippen molar-refractivity contribution < 1.29 is 14.3 Å². The standard InChI is InChI=1S/C15H16N2O3/c1-19-13-10-16-14(15(17-13)20-2)12(18)9-8-11-6-4-3-5-7-11/h3-7,10H,8-9H2,1-2H3. The van der Waals surface area contributed by atoms with Gasteiger partial charge in [-0.25, -0.2) is 4.98 Å². The highest BCUT2D eigenvalue weighted by Crippen LogP contribution is 2.19. The molecule has 1 heterocycles. The van der Waals surface area contributed by atoms with Crippen LogP contribution in [0.1, 0.15) is 22.5 Å². The van der Waals surface area contributed by atoms with Crippen molar-refractivity contribution in [2.75, 3.05) is 14.2 Å². The molecule has 2 rings (SSSR count). The molecule has 0 aliphatic rings. The summed E-state index contributed by atoms with van der Waals surface area (Å²) in [6.07, 6.45) is 2.44. The van der Waals surface area contributed by atoms with Gasteiger partial charge in [0.25, 0.3) is 0 Å². The molecule has 0 N–H and O–H groups in total. The second-order valence-corrected chi connectivity index (χ2v) is 4.18. The number of aromatic nitrogens is 2. The maximum atomic E-state index is 12.2. The lowest BCUT2D eigenvalue weighted by atomic mass is 10.1. The molecule has 1 aromatic heterocycles. The van der Waals surface area contributed by atoms with Crippen molar-refractivity contribution in [1.29, 1.82) is 0 Å². The van der Waals surface area contributed by atoms with Crippen LogP contribution in [0.15, 0.2) is 36.5 Å². The third-order valence-electron chi connectivity index (χ3n) is 2.87. The third kappa shape index (κ3) is 3.32. The van der Waals surface area contributed by atoms with Crippen LogP contribution in [0.4, 0.5) is 0 Å². The van der Waals surface area contributed by atoms with E-state index in [0.717, 1.165) is 5.56 Å². The summed E-state index contributed by atoms with van der Waals surface area (Å²) in [5.41, 5.74) is 1.35. The zero-order chi connectivity index (χ0) is 14.4. The molecule has 0 saturated heterocycles. The molecule has 0 aliphatic carbocycles. The van der Waals surface area contributed by atoms with Crippen LogP contribution in [0, 0.1) is 0 Å². The molecule has 0 unspecified atom stereocenters. The number of carbonyl (C=O) groups excluding carboxylic acids is 1. The Bertz CT molecular complexity index is 585. The van der Waals surface area contributed by atoms with Crippen LogP contribution in [0.3, 0.4) is 0 Å². The smallest absolute Gasteiger partial charge is 0.246 e. The quantitative estimate of drug-likeness (QED) is 0.755. The maximum Gasteiger partial charge on any atom is 0.246 e. The van der Waals surface area contributed by atoms with Crippen molar-refractivity contribution in [1.82, 2.24) is 9.97 Å². The predicted octanol–water partition coefficient (Wildman–Crippen LogP) is 2.31. The number of nitrogens with zero attached hydrogens (tertiary/aromatic N) is 2. The lowest BCUT2D eigenvalue weighted by Crippen LogP contribution is -2.08. The SMILES string of the molecule is COc1cnc(C(=O)CCc2ccccc2)c(OC)n1. The minimum absolute atomic E-state index is 0.0964. The van der Waals surface area contributed by atoms with E-state index in [2.05, 4.69) is 9.97 Å². The van der Waals surface area contributed by atoms with E-state index in [1.165, 1.54) is 20.4 Å². The van der Waals surface area contributed by atoms with Gasteiger partial charge < -0.3 is 9.47 Å². The number of ether oxygens (including phenoxy) is 2. The van der Waals surface area contributed by atoms with Gasteiger partial charge in [-0.15, -0.1) is 0 Å². The first-order valence-electron chi connectivity index (χ1n) is 6.26. The highest BCUT2D eigenvalue weighted by atomic mass is 16.5. The van der Waals surface area contributed by atoms with Crippen LogP contribution < -0.4 is 9.47 Å². The minimum Gasteiger partial charge on any atom is -0.480 e. The number of carbonyl (C=O) groups is 1. The number of methoxy groups -OCH3 is 2. The largest absolute Gasteiger partial charge is 0.480 e. The maximum absolute atomic E-state index is 12.2. The fourth-order valence-corrected chi connectivity index (χ4v) is 1.81. The predicted molar refractivity (Wildman–Crippen MR) is 74.2 cm³/mol. The summed E-state index contributed by atoms with van der Waals surface area (Å²) in [6.45, 7) is 0. The van der Waals surface area contributed by atoms with Gasteiger partial charge in [0.1, 0.15) is 0 Å². The molecule has 20 heavy (non-hydrogen) atoms. The van der Waals surface area contributed by atoms with Gasteiger partial charge in [-0.2, -0.15) is 4.98 Å². The van der Waals surface area contributed by atoms with Crippen LogP contribution in [0.5, 0.6) is 11.8 Å². The molecule has 1 aromatic carbocycles. The number of rotatable bonds is 6. The monoisotopic (exact) mass is 272 g/mol. The van der Waals surface area contributed by atoms with E-state index < -0.39 is 0 Å². The number of benzene rings is 1. The molecule has 0 bridgehead atoms. The molecule has 2 aromatic rings. The Kier molecular flexibility index (Phi) is 4.65. The van der Waals surface area contributed by atoms with Gasteiger partial charge in [-0.3, -0.25) is 4.79 Å². The van der Waals surface area contributed by atoms with Crippen LogP contribution in [0.2, 0.25) is 0 Å². The van der Waals surface area contributed by atoms with Gasteiger partial charge in [-0.1, -0.05) is 30.3 Å². The first-order chi connectivity index (χ1) is 9.74. The topological polar surface area (TPSA) is 61.3 Å². The molecule has 5 heteroatoms. The van der Waals surface area contributed by atoms with Crippen LogP contribution >= 0.6 is 0 Å². The van der Waals surface area contributed by atoms with Gasteiger partial charge in [0.05, 0.1) is 20.4 Å². The summed E-state index contributed by atoms with van der Waals surface area (Å²) in [5, 5.41) is 0. The average Bonchev–Trinajstić information content (AvgIpc) is 2.52. The summed E-state index contributed by atoms with van der Waals surface area (Å²) in [4.78, 5) is 20.3. The van der Waals surface area contributed by atoms with Crippen LogP contribution in [-0.4, -0.2) is 30.0 Å². The molecule has 0 radical (unpaired) electrons. The Balaban J connectivity index is 2.09. The van der Waals surface area contributed by atoms with Crippen molar-refractivity contribution in [2.24, 2.45) is 0 Å². The van der Waals surface area contributed by atoms with Crippen molar-refractivity contribution in [3.8, 4) is 11.8 Å². The fraction of sp³-hybridized carbons (Fsp3) is 0.267. The van der Waals surface area contributed by atoms with E-state index in [0.29, 0.717) is 18.7 Å². The highest BCUT2D eigenvalue weighted by Gasteiger charge is 2.16. The molecular formula is C15H16N2O3. The summed E-state index contributed by atoms with van der Waals surface area (Å²) >= 11 is 0. The van der Waals surface area contributed by atoms with Crippen LogP contribution in [-0.2, 0) is 6.42 Å². The van der Waals surface area contributed by atoms with Gasteiger partial charge in [0, 0.05) is 6.42 Å². The number of Topliss-reactive ketones (excluding diaryl/α,β-unsaturated/α-hetero) is 1. The normalized spacial score (nSPS) is 10.1. The second kappa shape index (κ2) is 6.65. The molecule has 0 aliphatic heterocycles. The van der Waals surface area contributed by atoms with Crippen molar-refractivity contribution in [3.05, 3.63) is 47.8 Å². The van der Waals surface area contributed by atoms with E-state index in [9.17, 15) is 4.79 Å². The number of hydrogen-bond acceptors (Lipinski definition) is 5. The second-order valence-electron chi connectivity index (χ2n) is 4.18. The lowest BCUT2D eigenvalue weighted by molar-refractivity contribution is 0.0973. The Morgan fingerprint density at radius 3 is 2.55 bits per heavy atom. The van der Waals surface area contributed by atoms with E-state index in [4.69, 9.17) is 9.47 Å². The Morgan fingerprint density at radius 2 is 1.90 bits per heavy atom. The number of hydrogen-bond donors (Lipinski definition) is 0. The molecule has 5 nitrogen and oxygen atoms in total. The van der Waals surface area contributed by atoms with Gasteiger partial charge >= 0.3 is 0 Å². The summed E-state index contributed by atoms with van der Waals surface area (Å²) < 4.78 is 10.0. The van der Waals surface area contributed by atoms with E-state index >= 15 is 0 Å².